The molecule has 13 heavy (non-hydrogen) atoms. The van der Waals surface area contributed by atoms with Crippen molar-refractivity contribution in [2.75, 3.05) is 5.33 Å². The summed E-state index contributed by atoms with van der Waals surface area (Å²) in [6.45, 7) is 2.27. The molecule has 1 unspecified atom stereocenters. The molecular formula is C12H17Br. The molecule has 0 aromatic heterocycles. The molecule has 0 amide bonds. The van der Waals surface area contributed by atoms with E-state index < -0.39 is 0 Å². The average molecular weight is 241 g/mol. The quantitative estimate of drug-likeness (QED) is 0.672. The lowest BCUT2D eigenvalue weighted by Gasteiger charge is -2.13. The Kier molecular flexibility index (Phi) is 5.14. The fraction of sp³-hybridized carbons (Fsp3) is 0.500. The van der Waals surface area contributed by atoms with Crippen molar-refractivity contribution in [2.24, 2.45) is 0 Å². The fourth-order valence-corrected chi connectivity index (χ4v) is 1.98. The van der Waals surface area contributed by atoms with Gasteiger partial charge in [-0.3, -0.25) is 0 Å². The van der Waals surface area contributed by atoms with Crippen LogP contribution in [-0.2, 0) is 0 Å². The van der Waals surface area contributed by atoms with Crippen molar-refractivity contribution >= 4 is 15.9 Å². The van der Waals surface area contributed by atoms with E-state index in [1.165, 1.54) is 24.8 Å². The molecule has 0 spiro atoms. The Hall–Kier alpha value is -0.300. The van der Waals surface area contributed by atoms with Crippen LogP contribution in [0.5, 0.6) is 0 Å². The predicted molar refractivity (Wildman–Crippen MR) is 62.5 cm³/mol. The monoisotopic (exact) mass is 240 g/mol. The Morgan fingerprint density at radius 2 is 1.92 bits per heavy atom. The van der Waals surface area contributed by atoms with E-state index in [1.54, 1.807) is 0 Å². The predicted octanol–water partition coefficient (Wildman–Crippen LogP) is 4.36. The van der Waals surface area contributed by atoms with Crippen LogP contribution < -0.4 is 0 Å². The van der Waals surface area contributed by atoms with Crippen molar-refractivity contribution in [2.45, 2.75) is 32.1 Å². The van der Waals surface area contributed by atoms with Crippen LogP contribution in [0.2, 0.25) is 0 Å². The van der Waals surface area contributed by atoms with Gasteiger partial charge in [-0.25, -0.2) is 0 Å². The maximum absolute atomic E-state index is 3.48. The molecule has 1 heteroatoms. The van der Waals surface area contributed by atoms with Crippen molar-refractivity contribution in [1.82, 2.24) is 0 Å². The van der Waals surface area contributed by atoms with Crippen molar-refractivity contribution in [3.8, 4) is 0 Å². The van der Waals surface area contributed by atoms with E-state index in [4.69, 9.17) is 0 Å². The van der Waals surface area contributed by atoms with Crippen LogP contribution >= 0.6 is 15.9 Å². The lowest BCUT2D eigenvalue weighted by molar-refractivity contribution is 0.600. The minimum Gasteiger partial charge on any atom is -0.0928 e. The second kappa shape index (κ2) is 6.20. The van der Waals surface area contributed by atoms with E-state index >= 15 is 0 Å². The molecule has 1 rings (SSSR count). The largest absolute Gasteiger partial charge is 0.0928 e. The smallest absolute Gasteiger partial charge is 0.00315 e. The van der Waals surface area contributed by atoms with E-state index in [1.807, 2.05) is 0 Å². The van der Waals surface area contributed by atoms with Crippen molar-refractivity contribution in [3.05, 3.63) is 35.9 Å². The van der Waals surface area contributed by atoms with Gasteiger partial charge in [0.1, 0.15) is 0 Å². The first kappa shape index (κ1) is 10.8. The van der Waals surface area contributed by atoms with Gasteiger partial charge in [-0.2, -0.15) is 0 Å². The molecule has 0 nitrogen and oxygen atoms in total. The highest BCUT2D eigenvalue weighted by molar-refractivity contribution is 9.09. The summed E-state index contributed by atoms with van der Waals surface area (Å²) in [6.07, 6.45) is 3.82. The summed E-state index contributed by atoms with van der Waals surface area (Å²) in [6, 6.07) is 10.8. The van der Waals surface area contributed by atoms with Crippen LogP contribution in [-0.4, -0.2) is 5.33 Å². The van der Waals surface area contributed by atoms with Gasteiger partial charge >= 0.3 is 0 Å². The number of alkyl halides is 1. The second-order valence-corrected chi connectivity index (χ2v) is 4.14. The number of halogens is 1. The minimum absolute atomic E-state index is 0.749. The highest BCUT2D eigenvalue weighted by Crippen LogP contribution is 2.24. The molecule has 0 aliphatic rings. The average Bonchev–Trinajstić information content (AvgIpc) is 2.21. The van der Waals surface area contributed by atoms with E-state index in [-0.39, 0.29) is 0 Å². The molecule has 0 saturated carbocycles. The van der Waals surface area contributed by atoms with E-state index in [0.29, 0.717) is 0 Å². The van der Waals surface area contributed by atoms with E-state index in [9.17, 15) is 0 Å². The molecule has 0 bridgehead atoms. The first-order valence-corrected chi connectivity index (χ1v) is 6.11. The lowest BCUT2D eigenvalue weighted by Crippen LogP contribution is -1.97. The van der Waals surface area contributed by atoms with Crippen molar-refractivity contribution < 1.29 is 0 Å². The first-order chi connectivity index (χ1) is 6.38. The maximum Gasteiger partial charge on any atom is 0.00315 e. The van der Waals surface area contributed by atoms with E-state index in [0.717, 1.165) is 11.2 Å². The second-order valence-electron chi connectivity index (χ2n) is 3.35. The highest BCUT2D eigenvalue weighted by atomic mass is 79.9. The molecule has 0 aliphatic heterocycles. The van der Waals surface area contributed by atoms with Gasteiger partial charge in [0.25, 0.3) is 0 Å². The molecular weight excluding hydrogens is 224 g/mol. The molecule has 1 aromatic rings. The molecule has 0 fully saturated rings. The van der Waals surface area contributed by atoms with Gasteiger partial charge in [-0.1, -0.05) is 53.2 Å². The van der Waals surface area contributed by atoms with Gasteiger partial charge in [0.05, 0.1) is 0 Å². The van der Waals surface area contributed by atoms with Gasteiger partial charge in [-0.05, 0) is 30.7 Å². The van der Waals surface area contributed by atoms with Gasteiger partial charge in [0.2, 0.25) is 0 Å². The first-order valence-electron chi connectivity index (χ1n) is 4.99. The van der Waals surface area contributed by atoms with E-state index in [2.05, 4.69) is 53.2 Å². The minimum atomic E-state index is 0.749. The zero-order valence-electron chi connectivity index (χ0n) is 8.17. The summed E-state index contributed by atoms with van der Waals surface area (Å²) >= 11 is 3.48. The Labute approximate surface area is 89.5 Å². The zero-order chi connectivity index (χ0) is 9.52. The number of hydrogen-bond acceptors (Lipinski definition) is 0. The van der Waals surface area contributed by atoms with Crippen molar-refractivity contribution in [1.29, 1.82) is 0 Å². The van der Waals surface area contributed by atoms with Gasteiger partial charge in [0, 0.05) is 5.33 Å². The third-order valence-corrected chi connectivity index (χ3v) is 3.01. The summed E-state index contributed by atoms with van der Waals surface area (Å²) in [5.74, 6) is 0.749. The topological polar surface area (TPSA) is 0 Å². The summed E-state index contributed by atoms with van der Waals surface area (Å²) in [5, 5.41) is 1.12. The molecule has 1 atom stereocenters. The van der Waals surface area contributed by atoms with Gasteiger partial charge in [-0.15, -0.1) is 0 Å². The molecule has 0 heterocycles. The Morgan fingerprint density at radius 3 is 2.46 bits per heavy atom. The van der Waals surface area contributed by atoms with Crippen LogP contribution in [0.3, 0.4) is 0 Å². The molecule has 72 valence electrons. The number of rotatable bonds is 5. The molecule has 0 saturated heterocycles. The summed E-state index contributed by atoms with van der Waals surface area (Å²) in [7, 11) is 0. The molecule has 0 radical (unpaired) electrons. The number of benzene rings is 1. The third kappa shape index (κ3) is 3.51. The Bertz CT molecular complexity index is 218. The normalized spacial score (nSPS) is 12.8. The SMILES string of the molecule is CCC(CCCBr)c1ccccc1. The van der Waals surface area contributed by atoms with Crippen LogP contribution in [0.1, 0.15) is 37.7 Å². The fourth-order valence-electron chi connectivity index (χ4n) is 1.66. The Balaban J connectivity index is 2.56. The standard InChI is InChI=1S/C12H17Br/c1-2-11(9-6-10-13)12-7-4-3-5-8-12/h3-5,7-8,11H,2,6,9-10H2,1H3. The summed E-state index contributed by atoms with van der Waals surface area (Å²) < 4.78 is 0. The zero-order valence-corrected chi connectivity index (χ0v) is 9.76. The van der Waals surface area contributed by atoms with Crippen LogP contribution in [0.4, 0.5) is 0 Å². The maximum atomic E-state index is 3.48. The molecule has 1 aromatic carbocycles. The highest BCUT2D eigenvalue weighted by Gasteiger charge is 2.07. The van der Waals surface area contributed by atoms with Crippen molar-refractivity contribution in [3.63, 3.8) is 0 Å². The van der Waals surface area contributed by atoms with Gasteiger partial charge < -0.3 is 0 Å². The van der Waals surface area contributed by atoms with Gasteiger partial charge in [0.15, 0.2) is 0 Å². The third-order valence-electron chi connectivity index (χ3n) is 2.45. The Morgan fingerprint density at radius 1 is 1.23 bits per heavy atom. The summed E-state index contributed by atoms with van der Waals surface area (Å²) in [5.41, 5.74) is 1.49. The van der Waals surface area contributed by atoms with Crippen LogP contribution in [0.15, 0.2) is 30.3 Å². The molecule has 0 aliphatic carbocycles. The molecule has 0 N–H and O–H groups in total. The number of hydrogen-bond donors (Lipinski definition) is 0. The van der Waals surface area contributed by atoms with Crippen LogP contribution in [0.25, 0.3) is 0 Å². The van der Waals surface area contributed by atoms with Crippen LogP contribution in [0, 0.1) is 0 Å². The summed E-state index contributed by atoms with van der Waals surface area (Å²) in [4.78, 5) is 0. The lowest BCUT2D eigenvalue weighted by atomic mass is 9.92.